The molecule has 1 aliphatic rings. The van der Waals surface area contributed by atoms with Gasteiger partial charge in [0.1, 0.15) is 23.7 Å². The van der Waals surface area contributed by atoms with E-state index in [0.717, 1.165) is 10.8 Å². The molecule has 4 rings (SSSR count). The Morgan fingerprint density at radius 1 is 1.09 bits per heavy atom. The third-order valence-corrected chi connectivity index (χ3v) is 5.25. The van der Waals surface area contributed by atoms with Crippen molar-refractivity contribution in [2.75, 3.05) is 18.6 Å². The number of hydrogen-bond donors (Lipinski definition) is 1. The van der Waals surface area contributed by atoms with Crippen molar-refractivity contribution in [3.8, 4) is 23.8 Å². The quantitative estimate of drug-likeness (QED) is 0.283. The predicted molar refractivity (Wildman–Crippen MR) is 127 cm³/mol. The number of anilines is 1. The Hall–Kier alpha value is -4.15. The maximum absolute atomic E-state index is 13.4. The van der Waals surface area contributed by atoms with Crippen LogP contribution in [0, 0.1) is 12.3 Å². The van der Waals surface area contributed by atoms with Crippen LogP contribution in [0.25, 0.3) is 16.8 Å². The molecule has 3 aromatic rings. The third-order valence-electron chi connectivity index (χ3n) is 4.96. The summed E-state index contributed by atoms with van der Waals surface area (Å²) in [6, 6.07) is 18.1. The number of ether oxygens (including phenoxy) is 2. The molecule has 0 aromatic heterocycles. The molecule has 0 radical (unpaired) electrons. The molecular weight excluding hydrogens is 424 g/mol. The summed E-state index contributed by atoms with van der Waals surface area (Å²) in [6.45, 7) is 0.0523. The van der Waals surface area contributed by atoms with Gasteiger partial charge in [-0.3, -0.25) is 19.8 Å². The number of carbonyl (C=O) groups excluding carboxylic acids is 2. The van der Waals surface area contributed by atoms with Crippen LogP contribution in [0.2, 0.25) is 0 Å². The van der Waals surface area contributed by atoms with E-state index in [1.165, 1.54) is 11.0 Å². The fraction of sp³-hybridized carbons (Fsp3) is 0.0800. The Kier molecular flexibility index (Phi) is 5.88. The molecule has 7 heteroatoms. The van der Waals surface area contributed by atoms with Crippen LogP contribution in [0.15, 0.2) is 66.2 Å². The summed E-state index contributed by atoms with van der Waals surface area (Å²) in [5.41, 5.74) is 1.02. The largest absolute Gasteiger partial charge is 0.497 e. The summed E-state index contributed by atoms with van der Waals surface area (Å²) in [5, 5.41) is 4.34. The van der Waals surface area contributed by atoms with E-state index < -0.39 is 11.8 Å². The van der Waals surface area contributed by atoms with E-state index in [2.05, 4.69) is 11.2 Å². The van der Waals surface area contributed by atoms with Gasteiger partial charge in [0.2, 0.25) is 0 Å². The lowest BCUT2D eigenvalue weighted by molar-refractivity contribution is -0.122. The SMILES string of the molecule is C#CCOc1ccc2ccccc2c1/C=C1\C(=O)NC(=S)N(c2ccc(OC)cc2)C1=O. The molecule has 0 atom stereocenters. The Labute approximate surface area is 190 Å². The lowest BCUT2D eigenvalue weighted by Gasteiger charge is -2.29. The highest BCUT2D eigenvalue weighted by Crippen LogP contribution is 2.32. The Balaban J connectivity index is 1.83. The Bertz CT molecular complexity index is 1310. The number of methoxy groups -OCH3 is 1. The zero-order valence-electron chi connectivity index (χ0n) is 17.1. The number of hydrogen-bond acceptors (Lipinski definition) is 5. The first-order valence-corrected chi connectivity index (χ1v) is 10.1. The summed E-state index contributed by atoms with van der Waals surface area (Å²) in [6.07, 6.45) is 6.87. The van der Waals surface area contributed by atoms with E-state index >= 15 is 0 Å². The molecule has 1 saturated heterocycles. The van der Waals surface area contributed by atoms with Crippen LogP contribution in [0.1, 0.15) is 5.56 Å². The second-order valence-electron chi connectivity index (χ2n) is 6.85. The van der Waals surface area contributed by atoms with Crippen LogP contribution < -0.4 is 19.7 Å². The van der Waals surface area contributed by atoms with Gasteiger partial charge in [-0.25, -0.2) is 0 Å². The molecule has 1 fully saturated rings. The molecule has 3 aromatic carbocycles. The van der Waals surface area contributed by atoms with Crippen molar-refractivity contribution in [2.45, 2.75) is 0 Å². The van der Waals surface area contributed by atoms with E-state index in [-0.39, 0.29) is 17.3 Å². The maximum Gasteiger partial charge on any atom is 0.270 e. The lowest BCUT2D eigenvalue weighted by Crippen LogP contribution is -2.54. The summed E-state index contributed by atoms with van der Waals surface area (Å²) < 4.78 is 10.9. The second-order valence-corrected chi connectivity index (χ2v) is 7.23. The van der Waals surface area contributed by atoms with Gasteiger partial charge in [-0.1, -0.05) is 36.3 Å². The van der Waals surface area contributed by atoms with Crippen LogP contribution in [-0.4, -0.2) is 30.6 Å². The first-order chi connectivity index (χ1) is 15.5. The standard InChI is InChI=1S/C25H18N2O4S/c1-3-14-31-22-13-8-16-6-4-5-7-19(16)20(22)15-21-23(28)26-25(32)27(24(21)29)17-9-11-18(30-2)12-10-17/h1,4-13,15H,14H2,2H3,(H,26,28,32)/b21-15+. The monoisotopic (exact) mass is 442 g/mol. The number of terminal acetylenes is 1. The van der Waals surface area contributed by atoms with Crippen molar-refractivity contribution in [1.29, 1.82) is 0 Å². The minimum atomic E-state index is -0.583. The van der Waals surface area contributed by atoms with Gasteiger partial charge < -0.3 is 9.47 Å². The minimum Gasteiger partial charge on any atom is -0.497 e. The molecule has 0 aliphatic carbocycles. The molecule has 0 saturated carbocycles. The van der Waals surface area contributed by atoms with Gasteiger partial charge in [-0.15, -0.1) is 6.42 Å². The van der Waals surface area contributed by atoms with Gasteiger partial charge in [-0.05, 0) is 59.4 Å². The Morgan fingerprint density at radius 3 is 2.56 bits per heavy atom. The minimum absolute atomic E-state index is 0.00374. The van der Waals surface area contributed by atoms with E-state index in [0.29, 0.717) is 22.7 Å². The van der Waals surface area contributed by atoms with Crippen LogP contribution >= 0.6 is 12.2 Å². The number of nitrogens with zero attached hydrogens (tertiary/aromatic N) is 1. The average Bonchev–Trinajstić information content (AvgIpc) is 2.81. The number of fused-ring (bicyclic) bond motifs is 1. The number of amides is 2. The number of nitrogens with one attached hydrogen (secondary N) is 1. The van der Waals surface area contributed by atoms with E-state index in [1.807, 2.05) is 30.3 Å². The first-order valence-electron chi connectivity index (χ1n) is 9.67. The van der Waals surface area contributed by atoms with Crippen LogP contribution in [-0.2, 0) is 9.59 Å². The fourth-order valence-electron chi connectivity index (χ4n) is 3.44. The maximum atomic E-state index is 13.4. The lowest BCUT2D eigenvalue weighted by atomic mass is 9.99. The molecule has 1 aliphatic heterocycles. The van der Waals surface area contributed by atoms with Crippen molar-refractivity contribution in [2.24, 2.45) is 0 Å². The topological polar surface area (TPSA) is 67.9 Å². The van der Waals surface area contributed by atoms with Crippen LogP contribution in [0.4, 0.5) is 5.69 Å². The van der Waals surface area contributed by atoms with Gasteiger partial charge in [-0.2, -0.15) is 0 Å². The fourth-order valence-corrected chi connectivity index (χ4v) is 3.72. The van der Waals surface area contributed by atoms with Gasteiger partial charge in [0, 0.05) is 5.56 Å². The summed E-state index contributed by atoms with van der Waals surface area (Å²) in [7, 11) is 1.55. The smallest absolute Gasteiger partial charge is 0.270 e. The molecule has 0 spiro atoms. The normalized spacial score (nSPS) is 14.9. The molecular formula is C25H18N2O4S. The van der Waals surface area contributed by atoms with Gasteiger partial charge in [0.25, 0.3) is 11.8 Å². The van der Waals surface area contributed by atoms with E-state index in [4.69, 9.17) is 28.1 Å². The highest BCUT2D eigenvalue weighted by molar-refractivity contribution is 7.80. The zero-order chi connectivity index (χ0) is 22.7. The molecule has 0 bridgehead atoms. The molecule has 6 nitrogen and oxygen atoms in total. The molecule has 0 unspecified atom stereocenters. The highest BCUT2D eigenvalue weighted by atomic mass is 32.1. The van der Waals surface area contributed by atoms with Crippen molar-refractivity contribution in [1.82, 2.24) is 5.32 Å². The predicted octanol–water partition coefficient (Wildman–Crippen LogP) is 3.69. The molecule has 158 valence electrons. The highest BCUT2D eigenvalue weighted by Gasteiger charge is 2.34. The van der Waals surface area contributed by atoms with Crippen LogP contribution in [0.5, 0.6) is 11.5 Å². The van der Waals surface area contributed by atoms with Gasteiger partial charge in [0.05, 0.1) is 12.8 Å². The van der Waals surface area contributed by atoms with Crippen molar-refractivity contribution in [3.63, 3.8) is 0 Å². The third kappa shape index (κ3) is 3.92. The molecule has 1 N–H and O–H groups in total. The molecule has 1 heterocycles. The van der Waals surface area contributed by atoms with Gasteiger partial charge >= 0.3 is 0 Å². The van der Waals surface area contributed by atoms with E-state index in [1.54, 1.807) is 37.4 Å². The number of thiocarbonyl (C=S) groups is 1. The summed E-state index contributed by atoms with van der Waals surface area (Å²) in [5.74, 6) is 2.41. The van der Waals surface area contributed by atoms with E-state index in [9.17, 15) is 9.59 Å². The van der Waals surface area contributed by atoms with Gasteiger partial charge in [0.15, 0.2) is 5.11 Å². The molecule has 32 heavy (non-hydrogen) atoms. The number of rotatable bonds is 5. The van der Waals surface area contributed by atoms with Crippen LogP contribution in [0.3, 0.4) is 0 Å². The van der Waals surface area contributed by atoms with Crippen molar-refractivity contribution >= 4 is 51.7 Å². The number of benzene rings is 3. The Morgan fingerprint density at radius 2 is 1.84 bits per heavy atom. The molecule has 2 amide bonds. The second kappa shape index (κ2) is 8.92. The van der Waals surface area contributed by atoms with Crippen molar-refractivity contribution < 1.29 is 19.1 Å². The average molecular weight is 442 g/mol. The number of carbonyl (C=O) groups is 2. The van der Waals surface area contributed by atoms with Crippen molar-refractivity contribution in [3.05, 3.63) is 71.8 Å². The zero-order valence-corrected chi connectivity index (χ0v) is 17.9. The first kappa shape index (κ1) is 21.1. The summed E-state index contributed by atoms with van der Waals surface area (Å²) in [4.78, 5) is 27.4. The summed E-state index contributed by atoms with van der Waals surface area (Å²) >= 11 is 5.27.